The topological polar surface area (TPSA) is 48.4 Å². The summed E-state index contributed by atoms with van der Waals surface area (Å²) in [5, 5.41) is 0.944. The van der Waals surface area contributed by atoms with Crippen LogP contribution in [0.3, 0.4) is 0 Å². The van der Waals surface area contributed by atoms with Gasteiger partial charge in [-0.25, -0.2) is 4.98 Å². The minimum Gasteiger partial charge on any atom is -0.460 e. The molecule has 0 radical (unpaired) electrons. The molecule has 2 aromatic rings. The lowest BCUT2D eigenvalue weighted by molar-refractivity contribution is -0.151. The van der Waals surface area contributed by atoms with E-state index in [0.29, 0.717) is 6.61 Å². The molecule has 0 N–H and O–H groups in total. The highest BCUT2D eigenvalue weighted by Gasteiger charge is 2.32. The molecule has 110 valence electrons. The maximum Gasteiger partial charge on any atom is 0.312 e. The molecular weight excluding hydrogens is 286 g/mol. The highest BCUT2D eigenvalue weighted by Crippen LogP contribution is 2.26. The van der Waals surface area contributed by atoms with Crippen LogP contribution >= 0.6 is 11.3 Å². The quantitative estimate of drug-likeness (QED) is 0.813. The lowest BCUT2D eigenvalue weighted by Crippen LogP contribution is -2.23. The van der Waals surface area contributed by atoms with Crippen molar-refractivity contribution in [3.05, 3.63) is 41.4 Å². The fourth-order valence-electron chi connectivity index (χ4n) is 2.38. The van der Waals surface area contributed by atoms with Crippen molar-refractivity contribution in [3.63, 3.8) is 0 Å². The van der Waals surface area contributed by atoms with Crippen LogP contribution in [0.4, 0.5) is 0 Å². The van der Waals surface area contributed by atoms with Crippen molar-refractivity contribution in [2.24, 2.45) is 5.92 Å². The Balaban J connectivity index is 1.59. The van der Waals surface area contributed by atoms with Crippen molar-refractivity contribution >= 4 is 17.3 Å². The Morgan fingerprint density at radius 2 is 2.24 bits per heavy atom. The Kier molecular flexibility index (Phi) is 4.31. The van der Waals surface area contributed by atoms with E-state index in [-0.39, 0.29) is 24.6 Å². The molecule has 1 aliphatic rings. The molecular formula is C16H17NO3S. The summed E-state index contributed by atoms with van der Waals surface area (Å²) in [7, 11) is 0. The molecule has 1 aromatic carbocycles. The first kappa shape index (κ1) is 14.2. The number of thiazole rings is 1. The van der Waals surface area contributed by atoms with Crippen molar-refractivity contribution in [2.75, 3.05) is 6.61 Å². The SMILES string of the molecule is C[C@@H]1OCC[C@@H]1C(=O)OCc1cnc(-c2ccccc2)s1. The van der Waals surface area contributed by atoms with E-state index in [1.807, 2.05) is 37.3 Å². The smallest absolute Gasteiger partial charge is 0.312 e. The average Bonchev–Trinajstić information content (AvgIpc) is 3.15. The molecule has 2 atom stereocenters. The number of hydrogen-bond acceptors (Lipinski definition) is 5. The van der Waals surface area contributed by atoms with Gasteiger partial charge in [0.05, 0.1) is 16.9 Å². The predicted molar refractivity (Wildman–Crippen MR) is 80.9 cm³/mol. The highest BCUT2D eigenvalue weighted by molar-refractivity contribution is 7.15. The number of carbonyl (C=O) groups excluding carboxylic acids is 1. The van der Waals surface area contributed by atoms with Gasteiger partial charge in [-0.05, 0) is 13.3 Å². The van der Waals surface area contributed by atoms with Crippen LogP contribution in [0, 0.1) is 5.92 Å². The zero-order valence-electron chi connectivity index (χ0n) is 11.8. The van der Waals surface area contributed by atoms with Crippen LogP contribution in [0.1, 0.15) is 18.2 Å². The van der Waals surface area contributed by atoms with E-state index in [1.54, 1.807) is 17.5 Å². The van der Waals surface area contributed by atoms with Gasteiger partial charge >= 0.3 is 5.97 Å². The van der Waals surface area contributed by atoms with E-state index < -0.39 is 0 Å². The first-order valence-electron chi connectivity index (χ1n) is 7.02. The van der Waals surface area contributed by atoms with Crippen molar-refractivity contribution in [1.29, 1.82) is 0 Å². The summed E-state index contributed by atoms with van der Waals surface area (Å²) in [6, 6.07) is 9.98. The first-order valence-corrected chi connectivity index (χ1v) is 7.84. The molecule has 0 unspecified atom stereocenters. The van der Waals surface area contributed by atoms with Gasteiger partial charge in [-0.3, -0.25) is 4.79 Å². The Hall–Kier alpha value is -1.72. The highest BCUT2D eigenvalue weighted by atomic mass is 32.1. The second-order valence-corrected chi connectivity index (χ2v) is 6.19. The maximum absolute atomic E-state index is 12.0. The summed E-state index contributed by atoms with van der Waals surface area (Å²) < 4.78 is 10.8. The minimum absolute atomic E-state index is 0.0427. The predicted octanol–water partition coefficient (Wildman–Crippen LogP) is 3.28. The van der Waals surface area contributed by atoms with Crippen molar-refractivity contribution in [3.8, 4) is 10.6 Å². The maximum atomic E-state index is 12.0. The van der Waals surface area contributed by atoms with Crippen LogP contribution in [0.25, 0.3) is 10.6 Å². The third kappa shape index (κ3) is 3.31. The molecule has 1 aromatic heterocycles. The third-order valence-electron chi connectivity index (χ3n) is 3.61. The first-order chi connectivity index (χ1) is 10.2. The number of carbonyl (C=O) groups is 1. The van der Waals surface area contributed by atoms with Crippen LogP contribution in [0.15, 0.2) is 36.5 Å². The molecule has 1 saturated heterocycles. The molecule has 5 heteroatoms. The van der Waals surface area contributed by atoms with Gasteiger partial charge < -0.3 is 9.47 Å². The van der Waals surface area contributed by atoms with E-state index in [9.17, 15) is 4.79 Å². The summed E-state index contributed by atoms with van der Waals surface area (Å²) >= 11 is 1.55. The van der Waals surface area contributed by atoms with Crippen molar-refractivity contribution < 1.29 is 14.3 Å². The fraction of sp³-hybridized carbons (Fsp3) is 0.375. The van der Waals surface area contributed by atoms with Gasteiger partial charge in [-0.1, -0.05) is 30.3 Å². The number of ether oxygens (including phenoxy) is 2. The van der Waals surface area contributed by atoms with E-state index in [1.165, 1.54) is 0 Å². The molecule has 0 saturated carbocycles. The van der Waals surface area contributed by atoms with E-state index in [0.717, 1.165) is 21.9 Å². The van der Waals surface area contributed by atoms with Gasteiger partial charge in [0.25, 0.3) is 0 Å². The molecule has 4 nitrogen and oxygen atoms in total. The van der Waals surface area contributed by atoms with E-state index in [2.05, 4.69) is 4.98 Å². The van der Waals surface area contributed by atoms with Gasteiger partial charge in [0.15, 0.2) is 0 Å². The molecule has 0 spiro atoms. The second-order valence-electron chi connectivity index (χ2n) is 5.08. The summed E-state index contributed by atoms with van der Waals surface area (Å²) in [4.78, 5) is 17.3. The summed E-state index contributed by atoms with van der Waals surface area (Å²) in [5.41, 5.74) is 1.08. The molecule has 1 aliphatic heterocycles. The van der Waals surface area contributed by atoms with Crippen molar-refractivity contribution in [1.82, 2.24) is 4.98 Å². The molecule has 21 heavy (non-hydrogen) atoms. The Bertz CT molecular complexity index is 611. The second kappa shape index (κ2) is 6.37. The minimum atomic E-state index is -0.172. The lowest BCUT2D eigenvalue weighted by Gasteiger charge is -2.12. The molecule has 2 heterocycles. The van der Waals surface area contributed by atoms with Gasteiger partial charge in [-0.15, -0.1) is 11.3 Å². The van der Waals surface area contributed by atoms with Crippen LogP contribution in [-0.2, 0) is 20.9 Å². The summed E-state index contributed by atoms with van der Waals surface area (Å²) in [6.45, 7) is 2.84. The fourth-order valence-corrected chi connectivity index (χ4v) is 3.21. The largest absolute Gasteiger partial charge is 0.460 e. The molecule has 3 rings (SSSR count). The zero-order chi connectivity index (χ0) is 14.7. The van der Waals surface area contributed by atoms with E-state index >= 15 is 0 Å². The number of nitrogens with zero attached hydrogens (tertiary/aromatic N) is 1. The van der Waals surface area contributed by atoms with Crippen LogP contribution < -0.4 is 0 Å². The molecule has 1 fully saturated rings. The summed E-state index contributed by atoms with van der Waals surface area (Å²) in [5.74, 6) is -0.304. The van der Waals surface area contributed by atoms with E-state index in [4.69, 9.17) is 9.47 Å². The average molecular weight is 303 g/mol. The zero-order valence-corrected chi connectivity index (χ0v) is 12.6. The molecule has 0 amide bonds. The molecule has 0 bridgehead atoms. The van der Waals surface area contributed by atoms with Gasteiger partial charge in [0, 0.05) is 18.4 Å². The van der Waals surface area contributed by atoms with Crippen molar-refractivity contribution in [2.45, 2.75) is 26.1 Å². The Labute approximate surface area is 127 Å². The van der Waals surface area contributed by atoms with Gasteiger partial charge in [-0.2, -0.15) is 0 Å². The monoisotopic (exact) mass is 303 g/mol. The van der Waals surface area contributed by atoms with Crippen LogP contribution in [0.2, 0.25) is 0 Å². The number of hydrogen-bond donors (Lipinski definition) is 0. The Morgan fingerprint density at radius 3 is 2.95 bits per heavy atom. The lowest BCUT2D eigenvalue weighted by atomic mass is 10.0. The summed E-state index contributed by atoms with van der Waals surface area (Å²) in [6.07, 6.45) is 2.48. The van der Waals surface area contributed by atoms with Gasteiger partial charge in [0.2, 0.25) is 0 Å². The van der Waals surface area contributed by atoms with Gasteiger partial charge in [0.1, 0.15) is 11.6 Å². The van der Waals surface area contributed by atoms with Crippen LogP contribution in [0.5, 0.6) is 0 Å². The number of benzene rings is 1. The number of rotatable bonds is 4. The standard InChI is InChI=1S/C16H17NO3S/c1-11-14(7-8-19-11)16(18)20-10-13-9-17-15(21-13)12-5-3-2-4-6-12/h2-6,9,11,14H,7-8,10H2,1H3/t11-,14-/m0/s1. The number of aromatic nitrogens is 1. The number of esters is 1. The Morgan fingerprint density at radius 1 is 1.43 bits per heavy atom. The molecule has 0 aliphatic carbocycles. The third-order valence-corrected chi connectivity index (χ3v) is 4.63. The van der Waals surface area contributed by atoms with Crippen LogP contribution in [-0.4, -0.2) is 23.7 Å². The normalized spacial score (nSPS) is 21.4.